The summed E-state index contributed by atoms with van der Waals surface area (Å²) >= 11 is 0. The first-order valence-corrected chi connectivity index (χ1v) is 5.83. The fourth-order valence-electron chi connectivity index (χ4n) is 1.41. The molecule has 90 valence electrons. The molecule has 0 aliphatic rings. The Morgan fingerprint density at radius 1 is 1.31 bits per heavy atom. The van der Waals surface area contributed by atoms with E-state index >= 15 is 0 Å². The predicted molar refractivity (Wildman–Crippen MR) is 64.4 cm³/mol. The lowest BCUT2D eigenvalue weighted by atomic mass is 10.2. The highest BCUT2D eigenvalue weighted by molar-refractivity contribution is 5.32. The zero-order chi connectivity index (χ0) is 11.8. The molecule has 0 saturated carbocycles. The number of nitrogens with one attached hydrogen (secondary N) is 1. The normalized spacial score (nSPS) is 10.4. The van der Waals surface area contributed by atoms with E-state index in [0.717, 1.165) is 31.5 Å². The van der Waals surface area contributed by atoms with Crippen LogP contribution < -0.4 is 10.1 Å². The standard InChI is InChI=1S/C13H20FNO/c1-3-7-15-8-4-9-16-13-10-12(14)6-5-11(13)2/h5-6,10,15H,3-4,7-9H2,1-2H3. The van der Waals surface area contributed by atoms with Crippen molar-refractivity contribution in [2.24, 2.45) is 0 Å². The zero-order valence-corrected chi connectivity index (χ0v) is 10.1. The van der Waals surface area contributed by atoms with Gasteiger partial charge in [0.15, 0.2) is 0 Å². The highest BCUT2D eigenvalue weighted by Gasteiger charge is 2.00. The number of hydrogen-bond donors (Lipinski definition) is 1. The zero-order valence-electron chi connectivity index (χ0n) is 10.1. The van der Waals surface area contributed by atoms with Gasteiger partial charge in [0.25, 0.3) is 0 Å². The third kappa shape index (κ3) is 4.62. The number of halogens is 1. The number of rotatable bonds is 7. The third-order valence-corrected chi connectivity index (χ3v) is 2.33. The number of aryl methyl sites for hydroxylation is 1. The van der Waals surface area contributed by atoms with Crippen LogP contribution in [0.1, 0.15) is 25.3 Å². The number of hydrogen-bond acceptors (Lipinski definition) is 2. The van der Waals surface area contributed by atoms with Crippen molar-refractivity contribution in [2.75, 3.05) is 19.7 Å². The van der Waals surface area contributed by atoms with Crippen LogP contribution in [0.2, 0.25) is 0 Å². The van der Waals surface area contributed by atoms with E-state index in [1.807, 2.05) is 6.92 Å². The summed E-state index contributed by atoms with van der Waals surface area (Å²) in [5, 5.41) is 3.29. The van der Waals surface area contributed by atoms with Gasteiger partial charge in [0.1, 0.15) is 11.6 Å². The molecule has 0 radical (unpaired) electrons. The van der Waals surface area contributed by atoms with Crippen molar-refractivity contribution in [1.82, 2.24) is 5.32 Å². The molecule has 0 heterocycles. The Labute approximate surface area is 96.8 Å². The second-order valence-corrected chi connectivity index (χ2v) is 3.86. The van der Waals surface area contributed by atoms with Gasteiger partial charge >= 0.3 is 0 Å². The molecule has 1 aromatic rings. The Kier molecular flexibility index (Phi) is 5.86. The first kappa shape index (κ1) is 13.0. The Bertz CT molecular complexity index is 315. The van der Waals surface area contributed by atoms with Gasteiger partial charge in [-0.15, -0.1) is 0 Å². The molecular formula is C13H20FNO. The van der Waals surface area contributed by atoms with Crippen molar-refractivity contribution in [2.45, 2.75) is 26.7 Å². The molecule has 0 saturated heterocycles. The maximum atomic E-state index is 12.9. The lowest BCUT2D eigenvalue weighted by Crippen LogP contribution is -2.18. The molecule has 1 aromatic carbocycles. The molecule has 1 N–H and O–H groups in total. The highest BCUT2D eigenvalue weighted by atomic mass is 19.1. The van der Waals surface area contributed by atoms with Gasteiger partial charge in [0, 0.05) is 6.07 Å². The molecule has 0 unspecified atom stereocenters. The van der Waals surface area contributed by atoms with Crippen molar-refractivity contribution >= 4 is 0 Å². The minimum atomic E-state index is -0.246. The topological polar surface area (TPSA) is 21.3 Å². The van der Waals surface area contributed by atoms with Crippen molar-refractivity contribution in [1.29, 1.82) is 0 Å². The van der Waals surface area contributed by atoms with Gasteiger partial charge in [-0.25, -0.2) is 4.39 Å². The van der Waals surface area contributed by atoms with E-state index in [9.17, 15) is 4.39 Å². The Balaban J connectivity index is 2.23. The van der Waals surface area contributed by atoms with Gasteiger partial charge < -0.3 is 10.1 Å². The third-order valence-electron chi connectivity index (χ3n) is 2.33. The van der Waals surface area contributed by atoms with Gasteiger partial charge in [-0.1, -0.05) is 13.0 Å². The summed E-state index contributed by atoms with van der Waals surface area (Å²) in [7, 11) is 0. The predicted octanol–water partition coefficient (Wildman–Crippen LogP) is 2.90. The van der Waals surface area contributed by atoms with E-state index in [1.54, 1.807) is 6.07 Å². The second kappa shape index (κ2) is 7.23. The van der Waals surface area contributed by atoms with E-state index in [2.05, 4.69) is 12.2 Å². The van der Waals surface area contributed by atoms with E-state index < -0.39 is 0 Å². The summed E-state index contributed by atoms with van der Waals surface area (Å²) in [6, 6.07) is 4.62. The molecule has 0 fully saturated rings. The summed E-state index contributed by atoms with van der Waals surface area (Å²) in [4.78, 5) is 0. The quantitative estimate of drug-likeness (QED) is 0.720. The van der Waals surface area contributed by atoms with Gasteiger partial charge in [0.05, 0.1) is 6.61 Å². The summed E-state index contributed by atoms with van der Waals surface area (Å²) in [5.41, 5.74) is 0.975. The first-order valence-electron chi connectivity index (χ1n) is 5.83. The summed E-state index contributed by atoms with van der Waals surface area (Å²) in [6.07, 6.45) is 2.08. The van der Waals surface area contributed by atoms with Gasteiger partial charge in [-0.3, -0.25) is 0 Å². The molecule has 0 atom stereocenters. The molecule has 0 aliphatic heterocycles. The average Bonchev–Trinajstić information content (AvgIpc) is 2.28. The lowest BCUT2D eigenvalue weighted by molar-refractivity contribution is 0.305. The summed E-state index contributed by atoms with van der Waals surface area (Å²) in [5.74, 6) is 0.403. The largest absolute Gasteiger partial charge is 0.493 e. The lowest BCUT2D eigenvalue weighted by Gasteiger charge is -2.09. The average molecular weight is 225 g/mol. The van der Waals surface area contributed by atoms with E-state index in [1.165, 1.54) is 12.1 Å². The van der Waals surface area contributed by atoms with Gasteiger partial charge in [0.2, 0.25) is 0 Å². The molecule has 1 rings (SSSR count). The minimum absolute atomic E-state index is 0.246. The van der Waals surface area contributed by atoms with Crippen molar-refractivity contribution in [3.8, 4) is 5.75 Å². The second-order valence-electron chi connectivity index (χ2n) is 3.86. The monoisotopic (exact) mass is 225 g/mol. The van der Waals surface area contributed by atoms with Crippen molar-refractivity contribution < 1.29 is 9.13 Å². The van der Waals surface area contributed by atoms with Crippen molar-refractivity contribution in [3.05, 3.63) is 29.6 Å². The van der Waals surface area contributed by atoms with Crippen LogP contribution in [-0.2, 0) is 0 Å². The van der Waals surface area contributed by atoms with Crippen LogP contribution in [0, 0.1) is 12.7 Å². The maximum absolute atomic E-state index is 12.9. The molecule has 0 aliphatic carbocycles. The van der Waals surface area contributed by atoms with Crippen LogP contribution in [0.15, 0.2) is 18.2 Å². The van der Waals surface area contributed by atoms with Crippen LogP contribution >= 0.6 is 0 Å². The van der Waals surface area contributed by atoms with Gasteiger partial charge in [-0.05, 0) is 44.5 Å². The first-order chi connectivity index (χ1) is 7.74. The fourth-order valence-corrected chi connectivity index (χ4v) is 1.41. The van der Waals surface area contributed by atoms with Crippen LogP contribution in [0.5, 0.6) is 5.75 Å². The van der Waals surface area contributed by atoms with E-state index in [0.29, 0.717) is 12.4 Å². The van der Waals surface area contributed by atoms with Crippen LogP contribution in [0.4, 0.5) is 4.39 Å². The minimum Gasteiger partial charge on any atom is -0.493 e. The molecule has 0 aromatic heterocycles. The molecule has 0 bridgehead atoms. The molecule has 3 heteroatoms. The van der Waals surface area contributed by atoms with E-state index in [4.69, 9.17) is 4.74 Å². The van der Waals surface area contributed by atoms with Crippen LogP contribution in [0.25, 0.3) is 0 Å². The van der Waals surface area contributed by atoms with Crippen LogP contribution in [0.3, 0.4) is 0 Å². The molecule has 0 amide bonds. The van der Waals surface area contributed by atoms with E-state index in [-0.39, 0.29) is 5.82 Å². The molecule has 2 nitrogen and oxygen atoms in total. The molecule has 16 heavy (non-hydrogen) atoms. The molecular weight excluding hydrogens is 205 g/mol. The Morgan fingerprint density at radius 3 is 2.88 bits per heavy atom. The Morgan fingerprint density at radius 2 is 2.12 bits per heavy atom. The maximum Gasteiger partial charge on any atom is 0.126 e. The summed E-state index contributed by atoms with van der Waals surface area (Å²) < 4.78 is 18.4. The smallest absolute Gasteiger partial charge is 0.126 e. The SMILES string of the molecule is CCCNCCCOc1cc(F)ccc1C. The van der Waals surface area contributed by atoms with Gasteiger partial charge in [-0.2, -0.15) is 0 Å². The fraction of sp³-hybridized carbons (Fsp3) is 0.538. The van der Waals surface area contributed by atoms with Crippen molar-refractivity contribution in [3.63, 3.8) is 0 Å². The number of benzene rings is 1. The molecule has 0 spiro atoms. The number of ether oxygens (including phenoxy) is 1. The Hall–Kier alpha value is -1.09. The summed E-state index contributed by atoms with van der Waals surface area (Å²) in [6.45, 7) is 6.67. The van der Waals surface area contributed by atoms with Crippen LogP contribution in [-0.4, -0.2) is 19.7 Å². The highest BCUT2D eigenvalue weighted by Crippen LogP contribution is 2.18.